The first kappa shape index (κ1) is 29.7. The maximum atomic E-state index is 12.3. The van der Waals surface area contributed by atoms with Crippen molar-refractivity contribution in [3.05, 3.63) is 10.8 Å². The maximum absolute atomic E-state index is 12.3. The number of hydrogen-bond donors (Lipinski definition) is 2. The van der Waals surface area contributed by atoms with Gasteiger partial charge in [-0.2, -0.15) is 0 Å². The predicted octanol–water partition coefficient (Wildman–Crippen LogP) is 9.47. The Hall–Kier alpha value is -1.36. The molecule has 33 heavy (non-hydrogen) atoms. The predicted molar refractivity (Wildman–Crippen MR) is 145 cm³/mol. The Morgan fingerprint density at radius 3 is 1.18 bits per heavy atom. The van der Waals surface area contributed by atoms with Crippen LogP contribution in [-0.4, -0.2) is 11.8 Å². The van der Waals surface area contributed by atoms with Crippen molar-refractivity contribution in [2.24, 2.45) is 0 Å². The number of hydrogen-bond acceptors (Lipinski definition) is 3. The first-order valence-corrected chi connectivity index (χ1v) is 14.8. The van der Waals surface area contributed by atoms with Gasteiger partial charge in [0, 0.05) is 23.6 Å². The van der Waals surface area contributed by atoms with Crippen LogP contribution in [0.4, 0.5) is 11.4 Å². The van der Waals surface area contributed by atoms with Crippen LogP contribution in [0, 0.1) is 0 Å². The van der Waals surface area contributed by atoms with Crippen LogP contribution in [0.5, 0.6) is 0 Å². The smallest absolute Gasteiger partial charge is 0.224 e. The molecule has 0 spiro atoms. The molecule has 4 nitrogen and oxygen atoms in total. The van der Waals surface area contributed by atoms with Crippen molar-refractivity contribution in [3.8, 4) is 0 Å². The molecule has 2 N–H and O–H groups in total. The molecule has 190 valence electrons. The molecular weight excluding hydrogens is 428 g/mol. The number of amides is 2. The number of unbranched alkanes of at least 4 members (excludes halogenated alkanes) is 16. The lowest BCUT2D eigenvalue weighted by Crippen LogP contribution is -2.15. The van der Waals surface area contributed by atoms with E-state index in [1.165, 1.54) is 101 Å². The number of thiophene rings is 1. The van der Waals surface area contributed by atoms with Crippen LogP contribution >= 0.6 is 11.3 Å². The Bertz CT molecular complexity index is 564. The molecule has 0 unspecified atom stereocenters. The fraction of sp³-hybridized carbons (Fsp3) is 0.786. The summed E-state index contributed by atoms with van der Waals surface area (Å²) < 4.78 is 0. The van der Waals surface area contributed by atoms with Crippen LogP contribution in [0.3, 0.4) is 0 Å². The minimum atomic E-state index is 0.0470. The van der Waals surface area contributed by atoms with E-state index in [0.29, 0.717) is 12.8 Å². The lowest BCUT2D eigenvalue weighted by atomic mass is 10.1. The van der Waals surface area contributed by atoms with E-state index >= 15 is 0 Å². The molecule has 1 rings (SSSR count). The first-order valence-electron chi connectivity index (χ1n) is 13.8. The molecule has 5 heteroatoms. The maximum Gasteiger partial charge on any atom is 0.224 e. The van der Waals surface area contributed by atoms with Gasteiger partial charge in [0.15, 0.2) is 0 Å². The molecule has 0 fully saturated rings. The molecule has 0 bridgehead atoms. The summed E-state index contributed by atoms with van der Waals surface area (Å²) in [6, 6.07) is 0. The highest BCUT2D eigenvalue weighted by Gasteiger charge is 2.11. The van der Waals surface area contributed by atoms with Gasteiger partial charge in [-0.1, -0.05) is 117 Å². The molecule has 0 aliphatic carbocycles. The van der Waals surface area contributed by atoms with Crippen LogP contribution in [0.15, 0.2) is 10.8 Å². The zero-order valence-corrected chi connectivity index (χ0v) is 22.3. The fourth-order valence-corrected chi connectivity index (χ4v) is 4.82. The number of carbonyl (C=O) groups is 2. The topological polar surface area (TPSA) is 58.2 Å². The van der Waals surface area contributed by atoms with Crippen molar-refractivity contribution in [2.75, 3.05) is 10.6 Å². The third kappa shape index (κ3) is 16.8. The van der Waals surface area contributed by atoms with Gasteiger partial charge in [0.1, 0.15) is 0 Å². The van der Waals surface area contributed by atoms with Crippen molar-refractivity contribution in [1.29, 1.82) is 0 Å². The van der Waals surface area contributed by atoms with E-state index in [0.717, 1.165) is 37.1 Å². The zero-order chi connectivity index (χ0) is 24.0. The molecule has 0 saturated heterocycles. The van der Waals surface area contributed by atoms with E-state index in [1.807, 2.05) is 10.8 Å². The van der Waals surface area contributed by atoms with Crippen LogP contribution in [-0.2, 0) is 9.59 Å². The van der Waals surface area contributed by atoms with Gasteiger partial charge < -0.3 is 10.6 Å². The van der Waals surface area contributed by atoms with Gasteiger partial charge >= 0.3 is 0 Å². The summed E-state index contributed by atoms with van der Waals surface area (Å²) in [5.74, 6) is 0.0940. The SMILES string of the molecule is CCCCCCCCCCCC(=O)Nc1cscc1NC(=O)CCCCCCCCCCC. The van der Waals surface area contributed by atoms with Crippen molar-refractivity contribution >= 4 is 34.5 Å². The minimum Gasteiger partial charge on any atom is -0.324 e. The molecule has 0 aromatic carbocycles. The molecule has 0 aliphatic heterocycles. The molecule has 0 saturated carbocycles. The average molecular weight is 479 g/mol. The Kier molecular flexibility index (Phi) is 19.1. The van der Waals surface area contributed by atoms with Gasteiger partial charge in [0.2, 0.25) is 11.8 Å². The van der Waals surface area contributed by atoms with Gasteiger partial charge in [0.25, 0.3) is 0 Å². The van der Waals surface area contributed by atoms with Gasteiger partial charge in [0.05, 0.1) is 11.4 Å². The van der Waals surface area contributed by atoms with Gasteiger partial charge in [-0.25, -0.2) is 0 Å². The van der Waals surface area contributed by atoms with E-state index < -0.39 is 0 Å². The van der Waals surface area contributed by atoms with E-state index in [1.54, 1.807) is 0 Å². The zero-order valence-electron chi connectivity index (χ0n) is 21.5. The Balaban J connectivity index is 2.09. The normalized spacial score (nSPS) is 11.0. The first-order chi connectivity index (χ1) is 16.2. The summed E-state index contributed by atoms with van der Waals surface area (Å²) in [5, 5.41) is 9.78. The van der Waals surface area contributed by atoms with Crippen molar-refractivity contribution in [2.45, 2.75) is 142 Å². The van der Waals surface area contributed by atoms with Crippen molar-refractivity contribution in [3.63, 3.8) is 0 Å². The molecule has 1 heterocycles. The second kappa shape index (κ2) is 21.2. The third-order valence-electron chi connectivity index (χ3n) is 6.22. The number of carbonyl (C=O) groups excluding carboxylic acids is 2. The highest BCUT2D eigenvalue weighted by atomic mass is 32.1. The molecule has 0 radical (unpaired) electrons. The molecule has 2 amide bonds. The largest absolute Gasteiger partial charge is 0.324 e. The Morgan fingerprint density at radius 2 is 0.848 bits per heavy atom. The van der Waals surface area contributed by atoms with Gasteiger partial charge in [-0.05, 0) is 12.8 Å². The standard InChI is InChI=1S/C28H50N2O2S/c1-3-5-7-9-11-13-15-17-19-21-27(31)29-25-23-33-24-26(25)30-28(32)22-20-18-16-14-12-10-8-6-4-2/h23-24H,3-22H2,1-2H3,(H,29,31)(H,30,32). The summed E-state index contributed by atoms with van der Waals surface area (Å²) in [4.78, 5) is 24.6. The number of nitrogens with one attached hydrogen (secondary N) is 2. The van der Waals surface area contributed by atoms with Crippen LogP contribution < -0.4 is 10.6 Å². The summed E-state index contributed by atoms with van der Waals surface area (Å²) >= 11 is 1.51. The van der Waals surface area contributed by atoms with Crippen LogP contribution in [0.2, 0.25) is 0 Å². The van der Waals surface area contributed by atoms with Gasteiger partial charge in [-0.15, -0.1) is 11.3 Å². The second-order valence-electron chi connectivity index (χ2n) is 9.45. The highest BCUT2D eigenvalue weighted by molar-refractivity contribution is 7.09. The Labute approximate surface area is 207 Å². The highest BCUT2D eigenvalue weighted by Crippen LogP contribution is 2.27. The number of rotatable bonds is 22. The van der Waals surface area contributed by atoms with Crippen LogP contribution in [0.1, 0.15) is 142 Å². The number of anilines is 2. The van der Waals surface area contributed by atoms with Crippen molar-refractivity contribution in [1.82, 2.24) is 0 Å². The fourth-order valence-electron chi connectivity index (χ4n) is 4.11. The summed E-state index contributed by atoms with van der Waals surface area (Å²) in [6.07, 6.45) is 23.6. The lowest BCUT2D eigenvalue weighted by molar-refractivity contribution is -0.117. The summed E-state index contributed by atoms with van der Waals surface area (Å²) in [6.45, 7) is 4.49. The molecule has 1 aromatic heterocycles. The monoisotopic (exact) mass is 478 g/mol. The molecule has 1 aromatic rings. The second-order valence-corrected chi connectivity index (χ2v) is 10.2. The molecule has 0 aliphatic rings. The summed E-state index contributed by atoms with van der Waals surface area (Å²) in [7, 11) is 0. The summed E-state index contributed by atoms with van der Waals surface area (Å²) in [5.41, 5.74) is 1.47. The molecular formula is C28H50N2O2S. The van der Waals surface area contributed by atoms with E-state index in [-0.39, 0.29) is 11.8 Å². The van der Waals surface area contributed by atoms with Crippen LogP contribution in [0.25, 0.3) is 0 Å². The van der Waals surface area contributed by atoms with Crippen molar-refractivity contribution < 1.29 is 9.59 Å². The minimum absolute atomic E-state index is 0.0470. The Morgan fingerprint density at radius 1 is 0.545 bits per heavy atom. The van der Waals surface area contributed by atoms with E-state index in [9.17, 15) is 9.59 Å². The third-order valence-corrected chi connectivity index (χ3v) is 6.97. The quantitative estimate of drug-likeness (QED) is 0.163. The van der Waals surface area contributed by atoms with E-state index in [4.69, 9.17) is 0 Å². The average Bonchev–Trinajstić information content (AvgIpc) is 3.23. The lowest BCUT2D eigenvalue weighted by Gasteiger charge is -2.09. The van der Waals surface area contributed by atoms with E-state index in [2.05, 4.69) is 24.5 Å². The van der Waals surface area contributed by atoms with Gasteiger partial charge in [-0.3, -0.25) is 9.59 Å². The molecule has 0 atom stereocenters.